The molecule has 0 atom stereocenters. The number of rotatable bonds is 1. The molecule has 0 unspecified atom stereocenters. The van der Waals surface area contributed by atoms with Crippen molar-refractivity contribution >= 4 is 21.5 Å². The van der Waals surface area contributed by atoms with E-state index >= 15 is 0 Å². The van der Waals surface area contributed by atoms with Gasteiger partial charge in [-0.2, -0.15) is 0 Å². The van der Waals surface area contributed by atoms with Gasteiger partial charge < -0.3 is 0 Å². The number of aryl methyl sites for hydroxylation is 1. The molecule has 2 aromatic heterocycles. The van der Waals surface area contributed by atoms with Gasteiger partial charge in [0.05, 0.1) is 5.69 Å². The predicted molar refractivity (Wildman–Crippen MR) is 87.2 cm³/mol. The van der Waals surface area contributed by atoms with Crippen molar-refractivity contribution in [3.05, 3.63) is 72.7 Å². The van der Waals surface area contributed by atoms with E-state index in [2.05, 4.69) is 58.5 Å². The molecule has 0 bridgehead atoms. The Morgan fingerprint density at radius 3 is 2.52 bits per heavy atom. The maximum absolute atomic E-state index is 4.60. The van der Waals surface area contributed by atoms with Crippen LogP contribution in [0.3, 0.4) is 0 Å². The summed E-state index contributed by atoms with van der Waals surface area (Å²) in [5.41, 5.74) is 3.11. The van der Waals surface area contributed by atoms with Crippen LogP contribution in [0.25, 0.3) is 32.8 Å². The molecule has 0 radical (unpaired) electrons. The largest absolute Gasteiger partial charge is 0.262 e. The average Bonchev–Trinajstić information content (AvgIpc) is 2.54. The van der Waals surface area contributed by atoms with E-state index in [0.717, 1.165) is 17.0 Å². The van der Waals surface area contributed by atoms with E-state index in [4.69, 9.17) is 0 Å². The highest BCUT2D eigenvalue weighted by molar-refractivity contribution is 6.08. The van der Waals surface area contributed by atoms with Crippen LogP contribution in [0.5, 0.6) is 0 Å². The summed E-state index contributed by atoms with van der Waals surface area (Å²) < 4.78 is 0. The zero-order chi connectivity index (χ0) is 14.2. The molecule has 4 rings (SSSR count). The minimum absolute atomic E-state index is 0.990. The van der Waals surface area contributed by atoms with Gasteiger partial charge in [0.25, 0.3) is 0 Å². The van der Waals surface area contributed by atoms with Gasteiger partial charge in [-0.1, -0.05) is 36.4 Å². The highest BCUT2D eigenvalue weighted by Gasteiger charge is 2.05. The number of aromatic nitrogens is 2. The van der Waals surface area contributed by atoms with Crippen molar-refractivity contribution in [3.8, 4) is 11.3 Å². The van der Waals surface area contributed by atoms with Crippen LogP contribution >= 0.6 is 0 Å². The van der Waals surface area contributed by atoms with Gasteiger partial charge in [0.1, 0.15) is 0 Å². The number of pyridine rings is 2. The lowest BCUT2D eigenvalue weighted by atomic mass is 10.0. The Morgan fingerprint density at radius 1 is 0.762 bits per heavy atom. The Hall–Kier alpha value is -2.74. The zero-order valence-electron chi connectivity index (χ0n) is 11.7. The molecule has 0 amide bonds. The predicted octanol–water partition coefficient (Wildman–Crippen LogP) is 4.76. The Labute approximate surface area is 123 Å². The van der Waals surface area contributed by atoms with E-state index in [1.807, 2.05) is 25.4 Å². The number of hydrogen-bond acceptors (Lipinski definition) is 2. The van der Waals surface area contributed by atoms with Crippen LogP contribution in [0.15, 0.2) is 67.0 Å². The molecule has 0 saturated carbocycles. The highest BCUT2D eigenvalue weighted by atomic mass is 14.7. The van der Waals surface area contributed by atoms with Crippen LogP contribution in [0.1, 0.15) is 5.69 Å². The first-order valence-electron chi connectivity index (χ1n) is 7.02. The molecule has 0 spiro atoms. The normalized spacial score (nSPS) is 11.1. The second kappa shape index (κ2) is 4.67. The minimum atomic E-state index is 0.990. The van der Waals surface area contributed by atoms with Crippen molar-refractivity contribution in [1.29, 1.82) is 0 Å². The average molecular weight is 270 g/mol. The van der Waals surface area contributed by atoms with E-state index in [-0.39, 0.29) is 0 Å². The first-order chi connectivity index (χ1) is 10.3. The molecule has 100 valence electrons. The fourth-order valence-electron chi connectivity index (χ4n) is 2.76. The fourth-order valence-corrected chi connectivity index (χ4v) is 2.76. The topological polar surface area (TPSA) is 25.8 Å². The van der Waals surface area contributed by atoms with Crippen LogP contribution in [0.2, 0.25) is 0 Å². The molecule has 2 heteroatoms. The van der Waals surface area contributed by atoms with Gasteiger partial charge in [-0.25, -0.2) is 0 Å². The number of hydrogen-bond donors (Lipinski definition) is 0. The Bertz CT molecular complexity index is 958. The van der Waals surface area contributed by atoms with E-state index in [1.165, 1.54) is 21.5 Å². The first kappa shape index (κ1) is 12.0. The molecule has 2 aromatic carbocycles. The summed E-state index contributed by atoms with van der Waals surface area (Å²) in [7, 11) is 0. The number of nitrogens with zero attached hydrogens (tertiary/aromatic N) is 2. The van der Waals surface area contributed by atoms with Crippen molar-refractivity contribution in [2.24, 2.45) is 0 Å². The summed E-state index contributed by atoms with van der Waals surface area (Å²) in [6, 6.07) is 19.0. The van der Waals surface area contributed by atoms with Crippen molar-refractivity contribution in [3.63, 3.8) is 0 Å². The molecule has 2 heterocycles. The molecule has 21 heavy (non-hydrogen) atoms. The van der Waals surface area contributed by atoms with Gasteiger partial charge in [-0.15, -0.1) is 0 Å². The van der Waals surface area contributed by atoms with E-state index in [0.29, 0.717) is 0 Å². The quantitative estimate of drug-likeness (QED) is 0.466. The zero-order valence-corrected chi connectivity index (χ0v) is 11.7. The Morgan fingerprint density at radius 2 is 1.62 bits per heavy atom. The molecule has 0 aliphatic carbocycles. The minimum Gasteiger partial charge on any atom is -0.262 e. The summed E-state index contributed by atoms with van der Waals surface area (Å²) in [5, 5.41) is 4.94. The number of benzene rings is 2. The van der Waals surface area contributed by atoms with Crippen molar-refractivity contribution in [2.75, 3.05) is 0 Å². The molecule has 4 aromatic rings. The third-order valence-electron chi connectivity index (χ3n) is 3.82. The summed E-state index contributed by atoms with van der Waals surface area (Å²) in [6.07, 6.45) is 3.78. The Kier molecular flexibility index (Phi) is 2.68. The van der Waals surface area contributed by atoms with Gasteiger partial charge in [0, 0.05) is 29.0 Å². The molecule has 0 aliphatic rings. The first-order valence-corrected chi connectivity index (χ1v) is 7.02. The highest BCUT2D eigenvalue weighted by Crippen LogP contribution is 2.28. The molecular weight excluding hydrogens is 256 g/mol. The van der Waals surface area contributed by atoms with Crippen LogP contribution in [-0.4, -0.2) is 9.97 Å². The van der Waals surface area contributed by atoms with Crippen LogP contribution in [-0.2, 0) is 0 Å². The van der Waals surface area contributed by atoms with Gasteiger partial charge >= 0.3 is 0 Å². The maximum Gasteiger partial charge on any atom is 0.0709 e. The van der Waals surface area contributed by atoms with Crippen molar-refractivity contribution < 1.29 is 0 Å². The summed E-state index contributed by atoms with van der Waals surface area (Å²) >= 11 is 0. The lowest BCUT2D eigenvalue weighted by Crippen LogP contribution is -1.87. The van der Waals surface area contributed by atoms with Crippen LogP contribution in [0.4, 0.5) is 0 Å². The molecular formula is C19H14N2. The third kappa shape index (κ3) is 2.05. The second-order valence-electron chi connectivity index (χ2n) is 5.26. The summed E-state index contributed by atoms with van der Waals surface area (Å²) in [4.78, 5) is 8.85. The van der Waals surface area contributed by atoms with Gasteiger partial charge in [0.2, 0.25) is 0 Å². The second-order valence-corrected chi connectivity index (χ2v) is 5.26. The van der Waals surface area contributed by atoms with Gasteiger partial charge in [0.15, 0.2) is 0 Å². The van der Waals surface area contributed by atoms with Crippen LogP contribution < -0.4 is 0 Å². The van der Waals surface area contributed by atoms with Crippen molar-refractivity contribution in [2.45, 2.75) is 6.92 Å². The molecule has 0 fully saturated rings. The summed E-state index contributed by atoms with van der Waals surface area (Å²) in [6.45, 7) is 2.00. The lowest BCUT2D eigenvalue weighted by Gasteiger charge is -2.07. The molecule has 0 aliphatic heterocycles. The molecule has 2 nitrogen and oxygen atoms in total. The SMILES string of the molecule is Cc1cc(-c2cc3c(ccc4ccccc43)cn2)ccn1. The smallest absolute Gasteiger partial charge is 0.0709 e. The number of fused-ring (bicyclic) bond motifs is 3. The fraction of sp³-hybridized carbons (Fsp3) is 0.0526. The van der Waals surface area contributed by atoms with Crippen molar-refractivity contribution in [1.82, 2.24) is 9.97 Å². The van der Waals surface area contributed by atoms with Crippen LogP contribution in [0, 0.1) is 6.92 Å². The molecule has 0 N–H and O–H groups in total. The third-order valence-corrected chi connectivity index (χ3v) is 3.82. The van der Waals surface area contributed by atoms with E-state index in [1.54, 1.807) is 0 Å². The lowest BCUT2D eigenvalue weighted by molar-refractivity contribution is 1.20. The summed E-state index contributed by atoms with van der Waals surface area (Å²) in [5.74, 6) is 0. The van der Waals surface area contributed by atoms with E-state index < -0.39 is 0 Å². The van der Waals surface area contributed by atoms with Gasteiger partial charge in [-0.05, 0) is 41.3 Å². The maximum atomic E-state index is 4.60. The Balaban J connectivity index is 2.02. The monoisotopic (exact) mass is 270 g/mol. The standard InChI is InChI=1S/C19H14N2/c1-13-10-15(8-9-20-13)19-11-18-16(12-21-19)7-6-14-4-2-3-5-17(14)18/h2-12H,1H3. The van der Waals surface area contributed by atoms with Gasteiger partial charge in [-0.3, -0.25) is 9.97 Å². The molecule has 0 saturated heterocycles. The van der Waals surface area contributed by atoms with E-state index in [9.17, 15) is 0 Å².